The Morgan fingerprint density at radius 3 is 2.51 bits per heavy atom. The lowest BCUT2D eigenvalue weighted by Gasteiger charge is -2.25. The lowest BCUT2D eigenvalue weighted by molar-refractivity contribution is 0.0952. The van der Waals surface area contributed by atoms with Crippen molar-refractivity contribution in [3.63, 3.8) is 0 Å². The molecule has 200 valence electrons. The monoisotopic (exact) mass is 545 g/mol. The third-order valence-electron chi connectivity index (χ3n) is 6.11. The highest BCUT2D eigenvalue weighted by Crippen LogP contribution is 2.25. The van der Waals surface area contributed by atoms with Crippen molar-refractivity contribution in [1.82, 2.24) is 29.4 Å². The standard InChI is InChI=1S/C25H35N7O3S2/c1-4-36-25-29-22(27-16-18(2)3)21-17-28-32(23(21)30-25)15-12-26-24(33)19-8-10-20(11-9-19)37(34,35)31-13-6-5-7-14-31/h8-11,17-18H,4-7,12-16H2,1-3H3,(H,26,33)(H,27,29,30). The van der Waals surface area contributed by atoms with E-state index in [0.717, 1.165) is 48.4 Å². The lowest BCUT2D eigenvalue weighted by atomic mass is 10.2. The summed E-state index contributed by atoms with van der Waals surface area (Å²) in [6.45, 7) is 9.01. The van der Waals surface area contributed by atoms with Gasteiger partial charge in [0.2, 0.25) is 10.0 Å². The minimum Gasteiger partial charge on any atom is -0.369 e. The summed E-state index contributed by atoms with van der Waals surface area (Å²) < 4.78 is 29.0. The van der Waals surface area contributed by atoms with Gasteiger partial charge in [-0.25, -0.2) is 23.1 Å². The normalized spacial score (nSPS) is 14.8. The molecule has 0 radical (unpaired) electrons. The molecule has 2 N–H and O–H groups in total. The predicted molar refractivity (Wildman–Crippen MR) is 146 cm³/mol. The molecule has 1 saturated heterocycles. The summed E-state index contributed by atoms with van der Waals surface area (Å²) >= 11 is 1.57. The first-order valence-electron chi connectivity index (χ1n) is 12.8. The van der Waals surface area contributed by atoms with Crippen LogP contribution in [0.4, 0.5) is 5.82 Å². The van der Waals surface area contributed by atoms with E-state index in [-0.39, 0.29) is 10.8 Å². The average Bonchev–Trinajstić information content (AvgIpc) is 3.31. The van der Waals surface area contributed by atoms with Crippen LogP contribution in [0.1, 0.15) is 50.4 Å². The number of hydrogen-bond donors (Lipinski definition) is 2. The van der Waals surface area contributed by atoms with Crippen molar-refractivity contribution >= 4 is 44.5 Å². The zero-order valence-corrected chi connectivity index (χ0v) is 23.2. The number of aromatic nitrogens is 4. The van der Waals surface area contributed by atoms with E-state index in [9.17, 15) is 13.2 Å². The van der Waals surface area contributed by atoms with E-state index < -0.39 is 10.0 Å². The first-order chi connectivity index (χ1) is 17.8. The van der Waals surface area contributed by atoms with Crippen LogP contribution in [0.2, 0.25) is 0 Å². The number of benzene rings is 1. The van der Waals surface area contributed by atoms with Gasteiger partial charge in [-0.15, -0.1) is 0 Å². The second-order valence-electron chi connectivity index (χ2n) is 9.41. The summed E-state index contributed by atoms with van der Waals surface area (Å²) in [6, 6.07) is 6.14. The Hall–Kier alpha value is -2.70. The quantitative estimate of drug-likeness (QED) is 0.277. The predicted octanol–water partition coefficient (Wildman–Crippen LogP) is 3.61. The average molecular weight is 546 g/mol. The summed E-state index contributed by atoms with van der Waals surface area (Å²) in [5.41, 5.74) is 1.13. The maximum Gasteiger partial charge on any atom is 0.251 e. The van der Waals surface area contributed by atoms with Gasteiger partial charge in [-0.05, 0) is 48.8 Å². The van der Waals surface area contributed by atoms with E-state index >= 15 is 0 Å². The highest BCUT2D eigenvalue weighted by atomic mass is 32.2. The van der Waals surface area contributed by atoms with E-state index in [2.05, 4.69) is 46.5 Å². The van der Waals surface area contributed by atoms with Crippen molar-refractivity contribution in [2.45, 2.75) is 56.6 Å². The third kappa shape index (κ3) is 6.60. The molecule has 3 aromatic rings. The number of nitrogens with zero attached hydrogens (tertiary/aromatic N) is 5. The van der Waals surface area contributed by atoms with Gasteiger partial charge >= 0.3 is 0 Å². The zero-order chi connectivity index (χ0) is 26.4. The molecule has 10 nitrogen and oxygen atoms in total. The molecule has 4 rings (SSSR count). The van der Waals surface area contributed by atoms with E-state index in [0.29, 0.717) is 42.8 Å². The second-order valence-corrected chi connectivity index (χ2v) is 12.6. The Balaban J connectivity index is 1.40. The summed E-state index contributed by atoms with van der Waals surface area (Å²) in [7, 11) is -3.52. The number of carbonyl (C=O) groups excluding carboxylic acids is 1. The first-order valence-corrected chi connectivity index (χ1v) is 15.2. The Morgan fingerprint density at radius 1 is 1.11 bits per heavy atom. The third-order valence-corrected chi connectivity index (χ3v) is 8.75. The lowest BCUT2D eigenvalue weighted by Crippen LogP contribution is -2.35. The Morgan fingerprint density at radius 2 is 1.84 bits per heavy atom. The van der Waals surface area contributed by atoms with E-state index in [1.807, 2.05) is 0 Å². The fourth-order valence-corrected chi connectivity index (χ4v) is 6.22. The highest BCUT2D eigenvalue weighted by molar-refractivity contribution is 7.99. The molecule has 37 heavy (non-hydrogen) atoms. The van der Waals surface area contributed by atoms with Crippen molar-refractivity contribution in [3.05, 3.63) is 36.0 Å². The highest BCUT2D eigenvalue weighted by Gasteiger charge is 2.26. The molecule has 0 atom stereocenters. The fraction of sp³-hybridized carbons (Fsp3) is 0.520. The Labute approximate surface area is 222 Å². The smallest absolute Gasteiger partial charge is 0.251 e. The molecular weight excluding hydrogens is 510 g/mol. The molecule has 12 heteroatoms. The van der Waals surface area contributed by atoms with E-state index in [1.165, 1.54) is 16.4 Å². The molecule has 2 aromatic heterocycles. The van der Waals surface area contributed by atoms with Gasteiger partial charge in [-0.1, -0.05) is 39.0 Å². The van der Waals surface area contributed by atoms with Crippen LogP contribution in [0.25, 0.3) is 11.0 Å². The summed E-state index contributed by atoms with van der Waals surface area (Å²) in [5, 5.41) is 12.3. The number of fused-ring (bicyclic) bond motifs is 1. The van der Waals surface area contributed by atoms with Gasteiger partial charge < -0.3 is 10.6 Å². The maximum absolute atomic E-state index is 12.8. The number of anilines is 1. The van der Waals surface area contributed by atoms with Gasteiger partial charge in [0.05, 0.1) is 23.0 Å². The topological polar surface area (TPSA) is 122 Å². The van der Waals surface area contributed by atoms with Gasteiger partial charge in [0.25, 0.3) is 5.91 Å². The summed E-state index contributed by atoms with van der Waals surface area (Å²) in [4.78, 5) is 22.2. The van der Waals surface area contributed by atoms with Crippen molar-refractivity contribution in [2.24, 2.45) is 5.92 Å². The molecule has 0 spiro atoms. The fourth-order valence-electron chi connectivity index (χ4n) is 4.14. The van der Waals surface area contributed by atoms with Crippen molar-refractivity contribution in [3.8, 4) is 0 Å². The number of nitrogens with one attached hydrogen (secondary N) is 2. The van der Waals surface area contributed by atoms with Crippen LogP contribution in [0, 0.1) is 5.92 Å². The molecule has 1 aromatic carbocycles. The number of piperidine rings is 1. The molecule has 1 aliphatic heterocycles. The van der Waals surface area contributed by atoms with Crippen LogP contribution in [0.15, 0.2) is 40.5 Å². The van der Waals surface area contributed by atoms with Crippen LogP contribution in [-0.4, -0.2) is 70.3 Å². The van der Waals surface area contributed by atoms with E-state index in [4.69, 9.17) is 0 Å². The number of sulfonamides is 1. The van der Waals surface area contributed by atoms with E-state index in [1.54, 1.807) is 34.8 Å². The molecule has 3 heterocycles. The molecule has 0 saturated carbocycles. The molecule has 1 aliphatic rings. The summed E-state index contributed by atoms with van der Waals surface area (Å²) in [6.07, 6.45) is 4.57. The van der Waals surface area contributed by atoms with Gasteiger partial charge in [-0.3, -0.25) is 4.79 Å². The maximum atomic E-state index is 12.8. The molecular formula is C25H35N7O3S2. The van der Waals surface area contributed by atoms with Gasteiger partial charge in [0.1, 0.15) is 5.82 Å². The van der Waals surface area contributed by atoms with Crippen molar-refractivity contribution in [2.75, 3.05) is 37.2 Å². The van der Waals surface area contributed by atoms with Crippen LogP contribution < -0.4 is 10.6 Å². The molecule has 0 aliphatic carbocycles. The SMILES string of the molecule is CCSc1nc(NCC(C)C)c2cnn(CCNC(=O)c3ccc(S(=O)(=O)N4CCCCC4)cc3)c2n1. The van der Waals surface area contributed by atoms with Crippen molar-refractivity contribution < 1.29 is 13.2 Å². The Bertz CT molecular complexity index is 1320. The number of hydrogen-bond acceptors (Lipinski definition) is 8. The minimum absolute atomic E-state index is 0.219. The number of carbonyl (C=O) groups is 1. The number of thioether (sulfide) groups is 1. The van der Waals surface area contributed by atoms with Gasteiger partial charge in [-0.2, -0.15) is 9.40 Å². The molecule has 0 bridgehead atoms. The zero-order valence-electron chi connectivity index (χ0n) is 21.6. The molecule has 0 unspecified atom stereocenters. The van der Waals surface area contributed by atoms with Crippen LogP contribution >= 0.6 is 11.8 Å². The van der Waals surface area contributed by atoms with Crippen LogP contribution in [0.3, 0.4) is 0 Å². The van der Waals surface area contributed by atoms with Crippen molar-refractivity contribution in [1.29, 1.82) is 0 Å². The van der Waals surface area contributed by atoms with Gasteiger partial charge in [0, 0.05) is 31.7 Å². The minimum atomic E-state index is -3.52. The second kappa shape index (κ2) is 12.2. The molecule has 1 fully saturated rings. The molecule has 1 amide bonds. The van der Waals surface area contributed by atoms with Gasteiger partial charge in [0.15, 0.2) is 10.8 Å². The van der Waals surface area contributed by atoms with Crippen LogP contribution in [0.5, 0.6) is 0 Å². The number of rotatable bonds is 11. The number of amides is 1. The first kappa shape index (κ1) is 27.3. The Kier molecular flexibility index (Phi) is 9.04. The summed E-state index contributed by atoms with van der Waals surface area (Å²) in [5.74, 6) is 1.83. The largest absolute Gasteiger partial charge is 0.369 e. The van der Waals surface area contributed by atoms with Crippen LogP contribution in [-0.2, 0) is 16.6 Å².